The van der Waals surface area contributed by atoms with Crippen molar-refractivity contribution in [2.75, 3.05) is 0 Å². The van der Waals surface area contributed by atoms with E-state index in [9.17, 15) is 14.7 Å². The quantitative estimate of drug-likeness (QED) is 0.888. The molecule has 0 unspecified atom stereocenters. The van der Waals surface area contributed by atoms with Gasteiger partial charge >= 0.3 is 0 Å². The topological polar surface area (TPSA) is 69.2 Å². The van der Waals surface area contributed by atoms with Crippen molar-refractivity contribution in [2.45, 2.75) is 33.2 Å². The second-order valence-corrected chi connectivity index (χ2v) is 6.83. The summed E-state index contributed by atoms with van der Waals surface area (Å²) in [6.07, 6.45) is 0.0465. The summed E-state index contributed by atoms with van der Waals surface area (Å²) in [5, 5.41) is 16.7. The lowest BCUT2D eigenvalue weighted by atomic mass is 9.85. The fourth-order valence-electron chi connectivity index (χ4n) is 2.31. The number of carboxylic acids is 1. The Bertz CT molecular complexity index is 660. The van der Waals surface area contributed by atoms with E-state index in [1.165, 1.54) is 4.70 Å². The third kappa shape index (κ3) is 4.29. The van der Waals surface area contributed by atoms with E-state index in [1.54, 1.807) is 25.2 Å². The predicted molar refractivity (Wildman–Crippen MR) is 81.7 cm³/mol. The van der Waals surface area contributed by atoms with Crippen LogP contribution in [0, 0.1) is 5.41 Å². The number of rotatable bonds is 6. The smallest absolute Gasteiger partial charge is 0.220 e. The highest BCUT2D eigenvalue weighted by atomic mass is 32.1. The maximum absolute atomic E-state index is 12.0. The van der Waals surface area contributed by atoms with Gasteiger partial charge in [-0.25, -0.2) is 0 Å². The molecule has 1 amide bonds. The Morgan fingerprint density at radius 3 is 2.67 bits per heavy atom. The van der Waals surface area contributed by atoms with E-state index in [2.05, 4.69) is 5.32 Å². The monoisotopic (exact) mass is 304 g/mol. The minimum Gasteiger partial charge on any atom is -0.550 e. The van der Waals surface area contributed by atoms with Gasteiger partial charge in [-0.15, -0.1) is 11.3 Å². The molecule has 4 nitrogen and oxygen atoms in total. The van der Waals surface area contributed by atoms with E-state index < -0.39 is 11.4 Å². The Kier molecular flexibility index (Phi) is 4.63. The van der Waals surface area contributed by atoms with Crippen LogP contribution in [0.2, 0.25) is 0 Å². The summed E-state index contributed by atoms with van der Waals surface area (Å²) in [7, 11) is 0. The van der Waals surface area contributed by atoms with E-state index in [0.717, 1.165) is 10.9 Å². The van der Waals surface area contributed by atoms with Crippen molar-refractivity contribution >= 4 is 33.3 Å². The molecule has 1 aromatic carbocycles. The highest BCUT2D eigenvalue weighted by molar-refractivity contribution is 7.17. The molecular weight excluding hydrogens is 286 g/mol. The third-order valence-corrected chi connectivity index (χ3v) is 4.31. The van der Waals surface area contributed by atoms with Crippen LogP contribution in [0.25, 0.3) is 10.1 Å². The fourth-order valence-corrected chi connectivity index (χ4v) is 3.28. The highest BCUT2D eigenvalue weighted by Gasteiger charge is 2.22. The zero-order valence-corrected chi connectivity index (χ0v) is 13.0. The second-order valence-electron chi connectivity index (χ2n) is 5.92. The van der Waals surface area contributed by atoms with Gasteiger partial charge in [-0.1, -0.05) is 32.0 Å². The van der Waals surface area contributed by atoms with Crippen LogP contribution in [0.5, 0.6) is 0 Å². The Labute approximate surface area is 127 Å². The number of aliphatic carboxylic acids is 1. The van der Waals surface area contributed by atoms with Crippen LogP contribution in [0.1, 0.15) is 32.3 Å². The highest BCUT2D eigenvalue weighted by Crippen LogP contribution is 2.26. The zero-order valence-electron chi connectivity index (χ0n) is 12.1. The van der Waals surface area contributed by atoms with E-state index in [0.29, 0.717) is 6.54 Å². The van der Waals surface area contributed by atoms with Gasteiger partial charge in [0.15, 0.2) is 0 Å². The van der Waals surface area contributed by atoms with Crippen LogP contribution >= 0.6 is 11.3 Å². The molecule has 0 aliphatic heterocycles. The molecule has 1 N–H and O–H groups in total. The van der Waals surface area contributed by atoms with Gasteiger partial charge in [0.05, 0.1) is 0 Å². The Morgan fingerprint density at radius 1 is 1.24 bits per heavy atom. The van der Waals surface area contributed by atoms with Gasteiger partial charge in [0.25, 0.3) is 0 Å². The normalized spacial score (nSPS) is 11.5. The van der Waals surface area contributed by atoms with Crippen molar-refractivity contribution in [3.05, 3.63) is 35.2 Å². The number of carboxylic acid groups (broad SMARTS) is 1. The Balaban J connectivity index is 1.94. The zero-order chi connectivity index (χ0) is 15.5. The van der Waals surface area contributed by atoms with E-state index in [1.807, 2.05) is 29.6 Å². The first-order valence-electron chi connectivity index (χ1n) is 6.79. The average molecular weight is 304 g/mol. The first kappa shape index (κ1) is 15.5. The molecule has 5 heteroatoms. The van der Waals surface area contributed by atoms with Crippen LogP contribution in [-0.2, 0) is 16.1 Å². The van der Waals surface area contributed by atoms with E-state index in [4.69, 9.17) is 0 Å². The molecule has 0 saturated carbocycles. The van der Waals surface area contributed by atoms with Gasteiger partial charge in [-0.3, -0.25) is 4.79 Å². The molecule has 0 spiro atoms. The minimum absolute atomic E-state index is 0.123. The summed E-state index contributed by atoms with van der Waals surface area (Å²) < 4.78 is 1.19. The molecule has 0 saturated heterocycles. The molecular formula is C16H18NO3S-. The summed E-state index contributed by atoms with van der Waals surface area (Å²) in [4.78, 5) is 22.6. The van der Waals surface area contributed by atoms with Crippen molar-refractivity contribution in [1.29, 1.82) is 0 Å². The molecule has 0 aliphatic carbocycles. The van der Waals surface area contributed by atoms with Crippen LogP contribution in [-0.4, -0.2) is 11.9 Å². The number of benzene rings is 1. The molecule has 0 fully saturated rings. The molecule has 0 bridgehead atoms. The number of carbonyl (C=O) groups excluding carboxylic acids is 2. The number of thiophene rings is 1. The number of nitrogens with one attached hydrogen (secondary N) is 1. The van der Waals surface area contributed by atoms with Crippen molar-refractivity contribution in [2.24, 2.45) is 5.41 Å². The molecule has 21 heavy (non-hydrogen) atoms. The summed E-state index contributed by atoms with van der Waals surface area (Å²) in [6, 6.07) is 8.05. The molecule has 0 radical (unpaired) electrons. The SMILES string of the molecule is CC(C)(CC(=O)[O-])CC(=O)NCc1csc2ccccc12. The fraction of sp³-hybridized carbons (Fsp3) is 0.375. The lowest BCUT2D eigenvalue weighted by molar-refractivity contribution is -0.307. The first-order valence-corrected chi connectivity index (χ1v) is 7.67. The molecule has 1 aromatic heterocycles. The first-order chi connectivity index (χ1) is 9.87. The standard InChI is InChI=1S/C16H19NO3S/c1-16(2,8-15(19)20)7-14(18)17-9-11-10-21-13-6-4-3-5-12(11)13/h3-6,10H,7-9H2,1-2H3,(H,17,18)(H,19,20)/p-1. The molecule has 2 rings (SSSR count). The summed E-state index contributed by atoms with van der Waals surface area (Å²) >= 11 is 1.65. The average Bonchev–Trinajstić information content (AvgIpc) is 2.77. The molecule has 0 atom stereocenters. The van der Waals surface area contributed by atoms with Crippen LogP contribution < -0.4 is 10.4 Å². The molecule has 2 aromatic rings. The van der Waals surface area contributed by atoms with E-state index >= 15 is 0 Å². The van der Waals surface area contributed by atoms with Crippen molar-refractivity contribution < 1.29 is 14.7 Å². The second kappa shape index (κ2) is 6.26. The van der Waals surface area contributed by atoms with Gasteiger partial charge in [0.1, 0.15) is 0 Å². The maximum Gasteiger partial charge on any atom is 0.220 e. The summed E-state index contributed by atoms with van der Waals surface area (Å²) in [6.45, 7) is 3.97. The van der Waals surface area contributed by atoms with Gasteiger partial charge in [-0.2, -0.15) is 0 Å². The predicted octanol–water partition coefficient (Wildman–Crippen LogP) is 2.07. The van der Waals surface area contributed by atoms with Gasteiger partial charge in [0, 0.05) is 23.6 Å². The van der Waals surface area contributed by atoms with Crippen molar-refractivity contribution in [1.82, 2.24) is 5.32 Å². The van der Waals surface area contributed by atoms with Crippen molar-refractivity contribution in [3.63, 3.8) is 0 Å². The summed E-state index contributed by atoms with van der Waals surface area (Å²) in [5.74, 6) is -1.27. The summed E-state index contributed by atoms with van der Waals surface area (Å²) in [5.41, 5.74) is 0.487. The number of hydrogen-bond acceptors (Lipinski definition) is 4. The number of carbonyl (C=O) groups is 2. The van der Waals surface area contributed by atoms with Gasteiger partial charge in [-0.05, 0) is 34.2 Å². The minimum atomic E-state index is -1.13. The number of hydrogen-bond donors (Lipinski definition) is 1. The van der Waals surface area contributed by atoms with E-state index in [-0.39, 0.29) is 18.7 Å². The van der Waals surface area contributed by atoms with Crippen molar-refractivity contribution in [3.8, 4) is 0 Å². The van der Waals surface area contributed by atoms with Gasteiger partial charge < -0.3 is 15.2 Å². The van der Waals surface area contributed by atoms with Gasteiger partial charge in [0.2, 0.25) is 5.91 Å². The molecule has 1 heterocycles. The van der Waals surface area contributed by atoms with Crippen LogP contribution in [0.4, 0.5) is 0 Å². The third-order valence-electron chi connectivity index (χ3n) is 3.30. The van der Waals surface area contributed by atoms with Crippen LogP contribution in [0.3, 0.4) is 0 Å². The van der Waals surface area contributed by atoms with Crippen LogP contribution in [0.15, 0.2) is 29.6 Å². The lowest BCUT2D eigenvalue weighted by Gasteiger charge is -2.24. The molecule has 112 valence electrons. The lowest BCUT2D eigenvalue weighted by Crippen LogP contribution is -2.33. The largest absolute Gasteiger partial charge is 0.550 e. The number of amides is 1. The molecule has 0 aliphatic rings. The Morgan fingerprint density at radius 2 is 1.95 bits per heavy atom. The maximum atomic E-state index is 12.0. The number of fused-ring (bicyclic) bond motifs is 1. The Hall–Kier alpha value is -1.88.